The Labute approximate surface area is 77.2 Å². The van der Waals surface area contributed by atoms with Crippen LogP contribution >= 0.6 is 23.7 Å². The van der Waals surface area contributed by atoms with Crippen molar-refractivity contribution in [2.45, 2.75) is 6.54 Å². The molecule has 0 atom stereocenters. The minimum atomic E-state index is 0. The maximum atomic E-state index is 5.06. The summed E-state index contributed by atoms with van der Waals surface area (Å²) in [5.41, 5.74) is 0. The van der Waals surface area contributed by atoms with E-state index >= 15 is 0 Å². The number of thiophene rings is 1. The van der Waals surface area contributed by atoms with E-state index in [9.17, 15) is 0 Å². The van der Waals surface area contributed by atoms with Gasteiger partial charge in [0.25, 0.3) is 0 Å². The van der Waals surface area contributed by atoms with Crippen molar-refractivity contribution in [3.63, 3.8) is 0 Å². The first-order chi connectivity index (χ1) is 4.93. The molecule has 60 valence electrons. The van der Waals surface area contributed by atoms with E-state index in [4.69, 9.17) is 6.42 Å². The van der Waals surface area contributed by atoms with Gasteiger partial charge < -0.3 is 5.32 Å². The molecule has 1 heterocycles. The number of halogens is 1. The van der Waals surface area contributed by atoms with Gasteiger partial charge in [-0.1, -0.05) is 12.0 Å². The van der Waals surface area contributed by atoms with Crippen LogP contribution < -0.4 is 5.32 Å². The molecule has 1 aromatic heterocycles. The zero-order chi connectivity index (χ0) is 7.23. The van der Waals surface area contributed by atoms with Gasteiger partial charge in [0, 0.05) is 11.4 Å². The van der Waals surface area contributed by atoms with Crippen molar-refractivity contribution in [2.75, 3.05) is 6.54 Å². The van der Waals surface area contributed by atoms with E-state index in [1.807, 2.05) is 6.07 Å². The minimum Gasteiger partial charge on any atom is -0.301 e. The second kappa shape index (κ2) is 6.23. The third-order valence-corrected chi connectivity index (χ3v) is 1.98. The van der Waals surface area contributed by atoms with E-state index in [1.165, 1.54) is 4.88 Å². The lowest BCUT2D eigenvalue weighted by Gasteiger charge is -1.94. The maximum absolute atomic E-state index is 5.06. The number of rotatable bonds is 3. The highest BCUT2D eigenvalue weighted by atomic mass is 35.5. The Kier molecular flexibility index (Phi) is 5.96. The lowest BCUT2D eigenvalue weighted by molar-refractivity contribution is 0.781. The lowest BCUT2D eigenvalue weighted by atomic mass is 10.4. The van der Waals surface area contributed by atoms with Gasteiger partial charge in [0.05, 0.1) is 6.54 Å². The van der Waals surface area contributed by atoms with Crippen molar-refractivity contribution in [3.8, 4) is 12.3 Å². The van der Waals surface area contributed by atoms with E-state index in [1.54, 1.807) is 11.3 Å². The fourth-order valence-corrected chi connectivity index (χ4v) is 1.35. The van der Waals surface area contributed by atoms with Crippen molar-refractivity contribution in [2.24, 2.45) is 0 Å². The van der Waals surface area contributed by atoms with Gasteiger partial charge in [-0.3, -0.25) is 0 Å². The normalized spacial score (nSPS) is 8.27. The molecule has 0 fully saturated rings. The molecule has 11 heavy (non-hydrogen) atoms. The Balaban J connectivity index is 0.000001000. The van der Waals surface area contributed by atoms with E-state index in [0.717, 1.165) is 6.54 Å². The summed E-state index contributed by atoms with van der Waals surface area (Å²) in [5, 5.41) is 5.17. The standard InChI is InChI=1S/C8H9NS.ClH/c1-2-5-9-7-8-4-3-6-10-8;/h1,3-4,6,9H,5,7H2;1H. The molecule has 0 aliphatic heterocycles. The average molecular weight is 188 g/mol. The van der Waals surface area contributed by atoms with Gasteiger partial charge in [0.2, 0.25) is 0 Å². The SMILES string of the molecule is C#CCNCc1cccs1.Cl. The molecular formula is C8H10ClNS. The highest BCUT2D eigenvalue weighted by molar-refractivity contribution is 7.09. The smallest absolute Gasteiger partial charge is 0.0576 e. The molecule has 0 aromatic carbocycles. The molecule has 0 unspecified atom stereocenters. The third-order valence-electron chi connectivity index (χ3n) is 1.11. The molecule has 0 bridgehead atoms. The van der Waals surface area contributed by atoms with Crippen molar-refractivity contribution < 1.29 is 0 Å². The van der Waals surface area contributed by atoms with Crippen LogP contribution in [0.25, 0.3) is 0 Å². The highest BCUT2D eigenvalue weighted by Gasteiger charge is 1.88. The van der Waals surface area contributed by atoms with Crippen molar-refractivity contribution >= 4 is 23.7 Å². The predicted molar refractivity (Wildman–Crippen MR) is 52.1 cm³/mol. The number of hydrogen-bond acceptors (Lipinski definition) is 2. The predicted octanol–water partition coefficient (Wildman–Crippen LogP) is 1.89. The summed E-state index contributed by atoms with van der Waals surface area (Å²) in [6.45, 7) is 1.54. The van der Waals surface area contributed by atoms with Gasteiger partial charge >= 0.3 is 0 Å². The zero-order valence-electron chi connectivity index (χ0n) is 6.04. The van der Waals surface area contributed by atoms with Gasteiger partial charge in [-0.25, -0.2) is 0 Å². The topological polar surface area (TPSA) is 12.0 Å². The average Bonchev–Trinajstić information content (AvgIpc) is 2.41. The van der Waals surface area contributed by atoms with E-state index in [0.29, 0.717) is 6.54 Å². The summed E-state index contributed by atoms with van der Waals surface area (Å²) < 4.78 is 0. The molecule has 1 aromatic rings. The van der Waals surface area contributed by atoms with Crippen LogP contribution in [0.2, 0.25) is 0 Å². The summed E-state index contributed by atoms with van der Waals surface area (Å²) in [4.78, 5) is 1.33. The van der Waals surface area contributed by atoms with Gasteiger partial charge in [-0.15, -0.1) is 30.2 Å². The second-order valence-corrected chi connectivity index (χ2v) is 2.92. The maximum Gasteiger partial charge on any atom is 0.0576 e. The van der Waals surface area contributed by atoms with Crippen molar-refractivity contribution in [1.82, 2.24) is 5.32 Å². The van der Waals surface area contributed by atoms with Crippen LogP contribution in [0, 0.1) is 12.3 Å². The van der Waals surface area contributed by atoms with Crippen molar-refractivity contribution in [1.29, 1.82) is 0 Å². The second-order valence-electron chi connectivity index (χ2n) is 1.89. The van der Waals surface area contributed by atoms with E-state index in [-0.39, 0.29) is 12.4 Å². The van der Waals surface area contributed by atoms with Crippen LogP contribution in [0.3, 0.4) is 0 Å². The minimum absolute atomic E-state index is 0. The summed E-state index contributed by atoms with van der Waals surface area (Å²) in [7, 11) is 0. The molecule has 1 N–H and O–H groups in total. The molecular weight excluding hydrogens is 178 g/mol. The quantitative estimate of drug-likeness (QED) is 0.563. The molecule has 0 saturated heterocycles. The third kappa shape index (κ3) is 4.05. The Morgan fingerprint density at radius 1 is 1.64 bits per heavy atom. The molecule has 1 nitrogen and oxygen atoms in total. The first-order valence-corrected chi connectivity index (χ1v) is 3.98. The Hall–Kier alpha value is -0.490. The molecule has 0 saturated carbocycles. The molecule has 0 aliphatic rings. The Morgan fingerprint density at radius 2 is 2.45 bits per heavy atom. The Morgan fingerprint density at radius 3 is 3.00 bits per heavy atom. The summed E-state index contributed by atoms with van der Waals surface area (Å²) in [6.07, 6.45) is 5.06. The summed E-state index contributed by atoms with van der Waals surface area (Å²) in [6, 6.07) is 4.13. The molecule has 0 spiro atoms. The Bertz CT molecular complexity index is 212. The first kappa shape index (κ1) is 10.5. The molecule has 0 amide bonds. The fourth-order valence-electron chi connectivity index (χ4n) is 0.671. The summed E-state index contributed by atoms with van der Waals surface area (Å²) in [5.74, 6) is 2.52. The molecule has 0 radical (unpaired) electrons. The van der Waals surface area contributed by atoms with Gasteiger partial charge in [0.15, 0.2) is 0 Å². The lowest BCUT2D eigenvalue weighted by Crippen LogP contribution is -2.11. The van der Waals surface area contributed by atoms with Crippen LogP contribution in [-0.2, 0) is 6.54 Å². The fraction of sp³-hybridized carbons (Fsp3) is 0.250. The van der Waals surface area contributed by atoms with Crippen LogP contribution in [0.15, 0.2) is 17.5 Å². The summed E-state index contributed by atoms with van der Waals surface area (Å²) >= 11 is 1.74. The zero-order valence-corrected chi connectivity index (χ0v) is 7.67. The number of hydrogen-bond donors (Lipinski definition) is 1. The first-order valence-electron chi connectivity index (χ1n) is 3.10. The van der Waals surface area contributed by atoms with Crippen LogP contribution in [0.4, 0.5) is 0 Å². The largest absolute Gasteiger partial charge is 0.301 e. The van der Waals surface area contributed by atoms with Crippen LogP contribution in [-0.4, -0.2) is 6.54 Å². The molecule has 1 rings (SSSR count). The monoisotopic (exact) mass is 187 g/mol. The van der Waals surface area contributed by atoms with Gasteiger partial charge in [0.1, 0.15) is 0 Å². The number of terminal acetylenes is 1. The van der Waals surface area contributed by atoms with Crippen LogP contribution in [0.5, 0.6) is 0 Å². The van der Waals surface area contributed by atoms with Gasteiger partial charge in [-0.05, 0) is 11.4 Å². The van der Waals surface area contributed by atoms with E-state index in [2.05, 4.69) is 22.7 Å². The highest BCUT2D eigenvalue weighted by Crippen LogP contribution is 2.06. The number of nitrogens with one attached hydrogen (secondary N) is 1. The molecule has 3 heteroatoms. The van der Waals surface area contributed by atoms with E-state index < -0.39 is 0 Å². The van der Waals surface area contributed by atoms with Gasteiger partial charge in [-0.2, -0.15) is 0 Å². The molecule has 0 aliphatic carbocycles. The van der Waals surface area contributed by atoms with Crippen molar-refractivity contribution in [3.05, 3.63) is 22.4 Å². The van der Waals surface area contributed by atoms with Crippen LogP contribution in [0.1, 0.15) is 4.88 Å².